The maximum absolute atomic E-state index is 12.8. The molecule has 0 fully saturated rings. The van der Waals surface area contributed by atoms with Gasteiger partial charge in [0.15, 0.2) is 0 Å². The monoisotopic (exact) mass is 500 g/mol. The second-order valence-electron chi connectivity index (χ2n) is 7.20. The lowest BCUT2D eigenvalue weighted by molar-refractivity contribution is 0.164. The van der Waals surface area contributed by atoms with Gasteiger partial charge in [-0.25, -0.2) is 14.0 Å². The number of nitrogens with one attached hydrogen (secondary N) is 2. The lowest BCUT2D eigenvalue weighted by Crippen LogP contribution is -2.21. The first-order chi connectivity index (χ1) is 16.2. The lowest BCUT2D eigenvalue weighted by atomic mass is 10.2. The summed E-state index contributed by atoms with van der Waals surface area (Å²) in [7, 11) is -2.94. The highest BCUT2D eigenvalue weighted by Gasteiger charge is 2.15. The van der Waals surface area contributed by atoms with Gasteiger partial charge in [0.05, 0.1) is 28.5 Å². The minimum Gasteiger partial charge on any atom is -0.448 e. The molecule has 0 saturated carbocycles. The van der Waals surface area contributed by atoms with Crippen molar-refractivity contribution in [1.29, 1.82) is 5.26 Å². The third kappa shape index (κ3) is 6.28. The molecule has 1 aromatic carbocycles. The van der Waals surface area contributed by atoms with Gasteiger partial charge in [-0.15, -0.1) is 15.7 Å². The fraction of sp³-hybridized carbons (Fsp3) is 0.273. The molecule has 3 rings (SSSR count). The van der Waals surface area contributed by atoms with E-state index in [2.05, 4.69) is 31.0 Å². The van der Waals surface area contributed by atoms with E-state index in [9.17, 15) is 14.1 Å². The third-order valence-electron chi connectivity index (χ3n) is 4.49. The summed E-state index contributed by atoms with van der Waals surface area (Å²) in [5.41, 5.74) is 1.34. The van der Waals surface area contributed by atoms with Crippen molar-refractivity contribution >= 4 is 44.6 Å². The Morgan fingerprint density at radius 1 is 1.32 bits per heavy atom. The molecule has 1 amide bonds. The minimum absolute atomic E-state index is 0.0886. The average molecular weight is 501 g/mol. The van der Waals surface area contributed by atoms with Gasteiger partial charge in [-0.3, -0.25) is 0 Å². The van der Waals surface area contributed by atoms with Gasteiger partial charge < -0.3 is 20.5 Å². The number of rotatable bonds is 8. The van der Waals surface area contributed by atoms with Gasteiger partial charge in [-0.2, -0.15) is 10.2 Å². The minimum atomic E-state index is -2.94. The van der Waals surface area contributed by atoms with E-state index in [0.717, 1.165) is 4.88 Å². The normalized spacial score (nSPS) is 13.3. The van der Waals surface area contributed by atoms with Gasteiger partial charge >= 0.3 is 6.09 Å². The van der Waals surface area contributed by atoms with Crippen LogP contribution in [0.15, 0.2) is 51.9 Å². The SMILES string of the molecule is CCOC(=O)N=S(C)(=O)c1ccc(Nc2ncc(-c3ccc(C#N)s3)c(N[C@H](C)CO)n2)cc1. The summed E-state index contributed by atoms with van der Waals surface area (Å²) >= 11 is 1.32. The predicted octanol–water partition coefficient (Wildman–Crippen LogP) is 4.23. The molecule has 10 nitrogen and oxygen atoms in total. The lowest BCUT2D eigenvalue weighted by Gasteiger charge is -2.16. The number of aliphatic hydroxyl groups is 1. The van der Waals surface area contributed by atoms with Crippen LogP contribution in [0.1, 0.15) is 18.7 Å². The second kappa shape index (κ2) is 11.1. The van der Waals surface area contributed by atoms with Crippen molar-refractivity contribution in [3.63, 3.8) is 0 Å². The first-order valence-corrected chi connectivity index (χ1v) is 13.0. The highest BCUT2D eigenvalue weighted by Crippen LogP contribution is 2.33. The molecule has 3 aromatic rings. The van der Waals surface area contributed by atoms with Gasteiger partial charge in [-0.1, -0.05) is 0 Å². The Kier molecular flexibility index (Phi) is 8.17. The second-order valence-corrected chi connectivity index (χ2v) is 10.5. The molecule has 2 atom stereocenters. The highest BCUT2D eigenvalue weighted by atomic mass is 32.2. The van der Waals surface area contributed by atoms with Gasteiger partial charge in [-0.05, 0) is 50.2 Å². The van der Waals surface area contributed by atoms with Crippen molar-refractivity contribution in [2.24, 2.45) is 4.36 Å². The standard InChI is InChI=1S/C22H24N6O4S2/c1-4-32-22(30)28-34(3,31)17-8-5-15(6-9-17)26-21-24-12-18(19-10-7-16(11-23)33-19)20(27-21)25-14(2)13-29/h5-10,12,14,29H,4,13H2,1-3H3,(H2,24,25,26,27)/t14-,34?/m1/s1. The number of hydrogen-bond acceptors (Lipinski definition) is 10. The van der Waals surface area contributed by atoms with Crippen LogP contribution in [0.4, 0.5) is 22.2 Å². The smallest absolute Gasteiger partial charge is 0.442 e. The summed E-state index contributed by atoms with van der Waals surface area (Å²) in [5.74, 6) is 0.807. The van der Waals surface area contributed by atoms with E-state index in [0.29, 0.717) is 32.8 Å². The summed E-state index contributed by atoms with van der Waals surface area (Å²) in [6.07, 6.45) is 2.15. The number of aromatic nitrogens is 2. The van der Waals surface area contributed by atoms with E-state index in [-0.39, 0.29) is 19.3 Å². The molecule has 0 saturated heterocycles. The van der Waals surface area contributed by atoms with E-state index >= 15 is 0 Å². The van der Waals surface area contributed by atoms with Crippen LogP contribution in [0.2, 0.25) is 0 Å². The molecule has 0 spiro atoms. The molecule has 0 aliphatic carbocycles. The van der Waals surface area contributed by atoms with E-state index in [4.69, 9.17) is 10.00 Å². The Hall–Kier alpha value is -3.53. The van der Waals surface area contributed by atoms with Gasteiger partial charge in [0.1, 0.15) is 16.8 Å². The summed E-state index contributed by atoms with van der Waals surface area (Å²) in [5, 5.41) is 24.8. The van der Waals surface area contributed by atoms with Crippen molar-refractivity contribution in [2.75, 3.05) is 30.1 Å². The number of carbonyl (C=O) groups excluding carboxylic acids is 1. The van der Waals surface area contributed by atoms with Crippen LogP contribution in [0.5, 0.6) is 0 Å². The maximum atomic E-state index is 12.8. The summed E-state index contributed by atoms with van der Waals surface area (Å²) in [6.45, 7) is 3.53. The zero-order chi connectivity index (χ0) is 24.7. The zero-order valence-corrected chi connectivity index (χ0v) is 20.4. The molecule has 3 N–H and O–H groups in total. The molecule has 34 heavy (non-hydrogen) atoms. The van der Waals surface area contributed by atoms with Crippen LogP contribution in [-0.4, -0.2) is 50.9 Å². The van der Waals surface area contributed by atoms with Crippen molar-refractivity contribution in [3.05, 3.63) is 47.5 Å². The number of thiophene rings is 1. The molecule has 2 aromatic heterocycles. The summed E-state index contributed by atoms with van der Waals surface area (Å²) < 4.78 is 21.2. The van der Waals surface area contributed by atoms with E-state index < -0.39 is 15.8 Å². The third-order valence-corrected chi connectivity index (χ3v) is 7.16. The van der Waals surface area contributed by atoms with Crippen molar-refractivity contribution in [1.82, 2.24) is 9.97 Å². The van der Waals surface area contributed by atoms with Crippen molar-refractivity contribution in [2.45, 2.75) is 24.8 Å². The molecule has 0 bridgehead atoms. The number of hydrogen-bond donors (Lipinski definition) is 3. The summed E-state index contributed by atoms with van der Waals surface area (Å²) in [6, 6.07) is 12.0. The van der Waals surface area contributed by atoms with E-state index in [1.165, 1.54) is 17.6 Å². The van der Waals surface area contributed by atoms with Gasteiger partial charge in [0.25, 0.3) is 0 Å². The molecule has 0 aliphatic heterocycles. The van der Waals surface area contributed by atoms with Crippen molar-refractivity contribution < 1.29 is 18.8 Å². The number of nitrogens with zero attached hydrogens (tertiary/aromatic N) is 4. The van der Waals surface area contributed by atoms with E-state index in [1.54, 1.807) is 43.5 Å². The number of carbonyl (C=O) groups is 1. The Morgan fingerprint density at radius 2 is 2.06 bits per heavy atom. The first kappa shape index (κ1) is 25.1. The topological polar surface area (TPSA) is 150 Å². The highest BCUT2D eigenvalue weighted by molar-refractivity contribution is 7.93. The van der Waals surface area contributed by atoms with Crippen LogP contribution in [-0.2, 0) is 14.5 Å². The maximum Gasteiger partial charge on any atom is 0.442 e. The first-order valence-electron chi connectivity index (χ1n) is 10.3. The fourth-order valence-corrected chi connectivity index (χ4v) is 4.72. The number of nitriles is 1. The number of benzene rings is 1. The van der Waals surface area contributed by atoms with Crippen LogP contribution in [0.3, 0.4) is 0 Å². The predicted molar refractivity (Wildman–Crippen MR) is 132 cm³/mol. The number of aliphatic hydroxyl groups excluding tert-OH is 1. The van der Waals surface area contributed by atoms with Crippen LogP contribution < -0.4 is 10.6 Å². The van der Waals surface area contributed by atoms with Gasteiger partial charge in [0.2, 0.25) is 5.95 Å². The van der Waals surface area contributed by atoms with Crippen LogP contribution in [0.25, 0.3) is 10.4 Å². The number of ether oxygens (including phenoxy) is 1. The Labute approximate surface area is 201 Å². The number of anilines is 3. The molecular weight excluding hydrogens is 476 g/mol. The molecule has 2 heterocycles. The molecule has 178 valence electrons. The number of amides is 1. The molecule has 0 aliphatic rings. The van der Waals surface area contributed by atoms with Crippen molar-refractivity contribution in [3.8, 4) is 16.5 Å². The van der Waals surface area contributed by atoms with Crippen LogP contribution in [0, 0.1) is 11.3 Å². The molecule has 12 heteroatoms. The van der Waals surface area contributed by atoms with Gasteiger partial charge in [0, 0.05) is 34.0 Å². The zero-order valence-electron chi connectivity index (χ0n) is 18.8. The summed E-state index contributed by atoms with van der Waals surface area (Å²) in [4.78, 5) is 22.3. The van der Waals surface area contributed by atoms with Crippen LogP contribution >= 0.6 is 11.3 Å². The molecule has 1 unspecified atom stereocenters. The Bertz CT molecular complexity index is 1320. The average Bonchev–Trinajstić information content (AvgIpc) is 3.28. The quantitative estimate of drug-likeness (QED) is 0.413. The fourth-order valence-electron chi connectivity index (χ4n) is 2.82. The Morgan fingerprint density at radius 3 is 2.68 bits per heavy atom. The molecular formula is C22H24N6O4S2. The van der Waals surface area contributed by atoms with E-state index in [1.807, 2.05) is 13.0 Å². The Balaban J connectivity index is 1.86. The largest absolute Gasteiger partial charge is 0.448 e. The molecule has 0 radical (unpaired) electrons.